The fourth-order valence-corrected chi connectivity index (χ4v) is 4.06. The maximum Gasteiger partial charge on any atom is 0.244 e. The first-order valence-corrected chi connectivity index (χ1v) is 11.3. The van der Waals surface area contributed by atoms with Crippen LogP contribution < -0.4 is 15.0 Å². The van der Waals surface area contributed by atoms with Gasteiger partial charge in [-0.2, -0.15) is 5.10 Å². The van der Waals surface area contributed by atoms with E-state index in [0.29, 0.717) is 29.0 Å². The summed E-state index contributed by atoms with van der Waals surface area (Å²) in [6.07, 6.45) is 10.3. The summed E-state index contributed by atoms with van der Waals surface area (Å²) in [5.41, 5.74) is 3.38. The lowest BCUT2D eigenvalue weighted by Crippen LogP contribution is -2.31. The molecule has 33 heavy (non-hydrogen) atoms. The number of anilines is 2. The largest absolute Gasteiger partial charge is 0.491 e. The number of pyridine rings is 1. The Hall–Kier alpha value is -3.53. The summed E-state index contributed by atoms with van der Waals surface area (Å²) in [6.45, 7) is 0.299. The third-order valence-corrected chi connectivity index (χ3v) is 5.78. The van der Waals surface area contributed by atoms with Crippen LogP contribution in [0.5, 0.6) is 5.75 Å². The van der Waals surface area contributed by atoms with Gasteiger partial charge in [0.2, 0.25) is 5.91 Å². The molecule has 0 spiro atoms. The van der Waals surface area contributed by atoms with E-state index in [9.17, 15) is 4.79 Å². The van der Waals surface area contributed by atoms with E-state index in [1.54, 1.807) is 24.5 Å². The molecule has 172 valence electrons. The van der Waals surface area contributed by atoms with Crippen molar-refractivity contribution < 1.29 is 14.6 Å². The Morgan fingerprint density at radius 1 is 1.33 bits per heavy atom. The number of aromatic nitrogens is 5. The number of aryl methyl sites for hydroxylation is 1. The molecule has 0 bridgehead atoms. The Bertz CT molecular complexity index is 1160. The van der Waals surface area contributed by atoms with E-state index < -0.39 is 0 Å². The van der Waals surface area contributed by atoms with Crippen LogP contribution in [0.1, 0.15) is 36.6 Å². The van der Waals surface area contributed by atoms with Gasteiger partial charge in [-0.1, -0.05) is 0 Å². The van der Waals surface area contributed by atoms with Crippen molar-refractivity contribution in [1.82, 2.24) is 24.7 Å². The lowest BCUT2D eigenvalue weighted by molar-refractivity contribution is -0.114. The van der Waals surface area contributed by atoms with Crippen molar-refractivity contribution in [2.75, 3.05) is 37.0 Å². The number of ether oxygens (including phenoxy) is 1. The number of nitrogens with one attached hydrogen (secondary N) is 1. The zero-order valence-corrected chi connectivity index (χ0v) is 18.6. The molecule has 3 aromatic rings. The van der Waals surface area contributed by atoms with Crippen LogP contribution in [0.25, 0.3) is 11.5 Å². The highest BCUT2D eigenvalue weighted by atomic mass is 16.5. The van der Waals surface area contributed by atoms with Crippen molar-refractivity contribution in [3.63, 3.8) is 0 Å². The van der Waals surface area contributed by atoms with Gasteiger partial charge < -0.3 is 20.1 Å². The molecule has 1 amide bonds. The van der Waals surface area contributed by atoms with Crippen LogP contribution in [0, 0.1) is 0 Å². The topological polar surface area (TPSA) is 118 Å². The minimum atomic E-state index is -0.128. The number of hydrogen-bond acceptors (Lipinski definition) is 8. The maximum atomic E-state index is 12.7. The molecule has 3 aromatic heterocycles. The Balaban J connectivity index is 1.34. The van der Waals surface area contributed by atoms with Crippen molar-refractivity contribution in [2.45, 2.75) is 38.1 Å². The monoisotopic (exact) mass is 449 g/mol. The van der Waals surface area contributed by atoms with Gasteiger partial charge in [0.05, 0.1) is 31.1 Å². The molecule has 0 saturated heterocycles. The number of aliphatic hydroxyl groups is 1. The molecule has 1 fully saturated rings. The van der Waals surface area contributed by atoms with Gasteiger partial charge >= 0.3 is 0 Å². The summed E-state index contributed by atoms with van der Waals surface area (Å²) in [4.78, 5) is 28.5. The van der Waals surface area contributed by atoms with E-state index in [2.05, 4.69) is 15.4 Å². The summed E-state index contributed by atoms with van der Waals surface area (Å²) < 4.78 is 7.41. The molecule has 10 nitrogen and oxygen atoms in total. The second-order valence-electron chi connectivity index (χ2n) is 8.44. The molecule has 2 aliphatic carbocycles. The zero-order valence-electron chi connectivity index (χ0n) is 18.6. The minimum Gasteiger partial charge on any atom is -0.491 e. The Morgan fingerprint density at radius 2 is 2.21 bits per heavy atom. The predicted molar refractivity (Wildman–Crippen MR) is 122 cm³/mol. The number of carbonyl (C=O) groups excluding carboxylic acids is 1. The zero-order chi connectivity index (χ0) is 22.8. The second-order valence-corrected chi connectivity index (χ2v) is 8.44. The molecule has 0 atom stereocenters. The van der Waals surface area contributed by atoms with Gasteiger partial charge in [0.25, 0.3) is 0 Å². The van der Waals surface area contributed by atoms with Gasteiger partial charge in [0.1, 0.15) is 23.9 Å². The Kier molecular flexibility index (Phi) is 5.91. The summed E-state index contributed by atoms with van der Waals surface area (Å²) in [6, 6.07) is 3.97. The van der Waals surface area contributed by atoms with E-state index in [4.69, 9.17) is 19.8 Å². The molecule has 2 aliphatic rings. The van der Waals surface area contributed by atoms with Crippen molar-refractivity contribution in [1.29, 1.82) is 0 Å². The Morgan fingerprint density at radius 3 is 3.03 bits per heavy atom. The lowest BCUT2D eigenvalue weighted by Gasteiger charge is -2.21. The first-order valence-electron chi connectivity index (χ1n) is 11.3. The highest BCUT2D eigenvalue weighted by Crippen LogP contribution is 2.34. The van der Waals surface area contributed by atoms with Crippen LogP contribution in [0.3, 0.4) is 0 Å². The smallest absolute Gasteiger partial charge is 0.244 e. The molecule has 0 unspecified atom stereocenters. The van der Waals surface area contributed by atoms with Gasteiger partial charge in [-0.3, -0.25) is 14.5 Å². The van der Waals surface area contributed by atoms with Gasteiger partial charge in [0.15, 0.2) is 5.82 Å². The van der Waals surface area contributed by atoms with E-state index >= 15 is 0 Å². The predicted octanol–water partition coefficient (Wildman–Crippen LogP) is 2.00. The lowest BCUT2D eigenvalue weighted by atomic mass is 10.2. The van der Waals surface area contributed by atoms with Gasteiger partial charge in [-0.15, -0.1) is 0 Å². The van der Waals surface area contributed by atoms with Crippen LogP contribution in [0.4, 0.5) is 11.5 Å². The fraction of sp³-hybridized carbons (Fsp3) is 0.435. The van der Waals surface area contributed by atoms with E-state index in [0.717, 1.165) is 49.2 Å². The van der Waals surface area contributed by atoms with Crippen LogP contribution in [0.15, 0.2) is 30.7 Å². The quantitative estimate of drug-likeness (QED) is 0.509. The van der Waals surface area contributed by atoms with E-state index in [-0.39, 0.29) is 25.7 Å². The Labute approximate surface area is 191 Å². The third kappa shape index (κ3) is 4.80. The van der Waals surface area contributed by atoms with Crippen molar-refractivity contribution in [3.8, 4) is 17.3 Å². The number of carbonyl (C=O) groups is 1. The molecule has 0 aromatic carbocycles. The van der Waals surface area contributed by atoms with Gasteiger partial charge in [-0.25, -0.2) is 9.97 Å². The molecule has 5 rings (SSSR count). The van der Waals surface area contributed by atoms with Crippen LogP contribution >= 0.6 is 0 Å². The molecule has 1 saturated carbocycles. The highest BCUT2D eigenvalue weighted by molar-refractivity contribution is 5.93. The number of fused-ring (bicyclic) bond motifs is 1. The first kappa shape index (κ1) is 21.3. The van der Waals surface area contributed by atoms with Gasteiger partial charge in [0, 0.05) is 36.8 Å². The average Bonchev–Trinajstić information content (AvgIpc) is 3.37. The maximum absolute atomic E-state index is 12.7. The molecule has 0 radical (unpaired) electrons. The van der Waals surface area contributed by atoms with Crippen molar-refractivity contribution in [3.05, 3.63) is 42.0 Å². The normalized spacial score (nSPS) is 14.7. The molecular formula is C23H27N7O3. The highest BCUT2D eigenvalue weighted by Gasteiger charge is 2.25. The molecule has 0 aliphatic heterocycles. The second kappa shape index (κ2) is 9.14. The van der Waals surface area contributed by atoms with Crippen LogP contribution in [-0.2, 0) is 17.6 Å². The van der Waals surface area contributed by atoms with Gasteiger partial charge in [-0.05, 0) is 38.2 Å². The number of amides is 1. The summed E-state index contributed by atoms with van der Waals surface area (Å²) in [7, 11) is 1.87. The number of nitrogens with zero attached hydrogens (tertiary/aromatic N) is 6. The standard InChI is InChI=1S/C23H27N7O3/c1-29(14-21(32)26-15-12-25-30(13-15)16-5-6-16)23-18-3-2-4-19(18)27-22(28-23)20-11-17(7-8-24-20)33-10-9-31/h7-8,11-13,16,31H,2-6,9-10,14H2,1H3,(H,26,32). The van der Waals surface area contributed by atoms with E-state index in [1.807, 2.05) is 22.8 Å². The van der Waals surface area contributed by atoms with Crippen LogP contribution in [-0.4, -0.2) is 62.6 Å². The molecular weight excluding hydrogens is 422 g/mol. The first-order chi connectivity index (χ1) is 16.1. The average molecular weight is 450 g/mol. The van der Waals surface area contributed by atoms with Crippen LogP contribution in [0.2, 0.25) is 0 Å². The summed E-state index contributed by atoms with van der Waals surface area (Å²) in [5, 5.41) is 16.3. The molecule has 10 heteroatoms. The number of hydrogen-bond donors (Lipinski definition) is 2. The van der Waals surface area contributed by atoms with Crippen molar-refractivity contribution in [2.24, 2.45) is 0 Å². The van der Waals surface area contributed by atoms with Crippen molar-refractivity contribution >= 4 is 17.4 Å². The number of rotatable bonds is 9. The fourth-order valence-electron chi connectivity index (χ4n) is 4.06. The number of aliphatic hydroxyl groups excluding tert-OH is 1. The summed E-state index contributed by atoms with van der Waals surface area (Å²) in [5.74, 6) is 1.72. The minimum absolute atomic E-state index is 0.0641. The van der Waals surface area contributed by atoms with E-state index in [1.165, 1.54) is 0 Å². The third-order valence-electron chi connectivity index (χ3n) is 5.78. The SMILES string of the molecule is CN(CC(=O)Nc1cnn(C2CC2)c1)c1nc(-c2cc(OCCO)ccn2)nc2c1CCC2. The summed E-state index contributed by atoms with van der Waals surface area (Å²) >= 11 is 0. The molecule has 2 N–H and O–H groups in total. The number of likely N-dealkylation sites (N-methyl/N-ethyl adjacent to an activating group) is 1. The molecule has 3 heterocycles.